The second-order valence-corrected chi connectivity index (χ2v) is 4.07. The first kappa shape index (κ1) is 13.4. The Bertz CT molecular complexity index is 636. The van der Waals surface area contributed by atoms with E-state index in [9.17, 15) is 19.7 Å². The molecule has 1 aromatic rings. The first-order chi connectivity index (χ1) is 9.52. The van der Waals surface area contributed by atoms with Gasteiger partial charge in [0.1, 0.15) is 17.7 Å². The number of hydrogen-bond donors (Lipinski definition) is 2. The number of amides is 2. The molecule has 0 aromatic carbocycles. The van der Waals surface area contributed by atoms with Crippen molar-refractivity contribution >= 4 is 23.3 Å². The number of pyridine rings is 1. The maximum absolute atomic E-state index is 11.6. The number of piperidine rings is 1. The Morgan fingerprint density at radius 3 is 2.90 bits per heavy atom. The van der Waals surface area contributed by atoms with E-state index in [0.29, 0.717) is 0 Å². The Balaban J connectivity index is 2.30. The molecule has 0 spiro atoms. The number of nitrogens with one attached hydrogen (secondary N) is 2. The van der Waals surface area contributed by atoms with E-state index in [2.05, 4.69) is 15.6 Å². The lowest BCUT2D eigenvalue weighted by molar-refractivity contribution is -0.384. The van der Waals surface area contributed by atoms with Crippen LogP contribution in [0.15, 0.2) is 12.3 Å². The van der Waals surface area contributed by atoms with Crippen LogP contribution in [0.1, 0.15) is 18.4 Å². The maximum Gasteiger partial charge on any atom is 0.328 e. The second kappa shape index (κ2) is 5.31. The van der Waals surface area contributed by atoms with E-state index < -0.39 is 22.6 Å². The van der Waals surface area contributed by atoms with Gasteiger partial charge in [0.25, 0.3) is 0 Å². The minimum absolute atomic E-state index is 0.134. The summed E-state index contributed by atoms with van der Waals surface area (Å²) in [5.74, 6) is -1.12. The number of rotatable bonds is 3. The highest BCUT2D eigenvalue weighted by Crippen LogP contribution is 2.27. The number of carbonyl (C=O) groups is 2. The Kier molecular flexibility index (Phi) is 3.56. The predicted molar refractivity (Wildman–Crippen MR) is 65.4 cm³/mol. The van der Waals surface area contributed by atoms with Gasteiger partial charge in [-0.2, -0.15) is 5.26 Å². The van der Waals surface area contributed by atoms with E-state index in [1.807, 2.05) is 0 Å². The SMILES string of the molecule is N#Cc1ccnc(NC2CCC(=O)NC2=O)c1[N+](=O)[O-]. The molecular formula is C11H9N5O4. The van der Waals surface area contributed by atoms with Gasteiger partial charge in [0.15, 0.2) is 0 Å². The number of imide groups is 1. The molecule has 2 rings (SSSR count). The van der Waals surface area contributed by atoms with Gasteiger partial charge in [0, 0.05) is 12.6 Å². The van der Waals surface area contributed by atoms with Crippen molar-refractivity contribution in [3.05, 3.63) is 27.9 Å². The standard InChI is InChI=1S/C11H9N5O4/c12-5-6-3-4-13-10(9(6)16(19)20)14-7-1-2-8(17)15-11(7)18/h3-4,7H,1-2H2,(H,13,14)(H,15,17,18). The normalized spacial score (nSPS) is 18.1. The van der Waals surface area contributed by atoms with Gasteiger partial charge in [-0.25, -0.2) is 4.98 Å². The van der Waals surface area contributed by atoms with Crippen LogP contribution in [0.25, 0.3) is 0 Å². The zero-order valence-corrected chi connectivity index (χ0v) is 10.1. The van der Waals surface area contributed by atoms with Crippen LogP contribution in [0, 0.1) is 21.4 Å². The number of nitrogens with zero attached hydrogens (tertiary/aromatic N) is 3. The van der Waals surface area contributed by atoms with E-state index in [-0.39, 0.29) is 30.1 Å². The van der Waals surface area contributed by atoms with Crippen LogP contribution in [0.3, 0.4) is 0 Å². The molecule has 2 heterocycles. The van der Waals surface area contributed by atoms with Crippen LogP contribution >= 0.6 is 0 Å². The molecule has 1 atom stereocenters. The average Bonchev–Trinajstić information content (AvgIpc) is 2.41. The first-order valence-electron chi connectivity index (χ1n) is 5.66. The van der Waals surface area contributed by atoms with E-state index in [1.165, 1.54) is 12.3 Å². The second-order valence-electron chi connectivity index (χ2n) is 4.07. The number of nitro groups is 1. The largest absolute Gasteiger partial charge is 0.353 e. The minimum atomic E-state index is -0.798. The fourth-order valence-electron chi connectivity index (χ4n) is 1.83. The van der Waals surface area contributed by atoms with Crippen molar-refractivity contribution < 1.29 is 14.5 Å². The van der Waals surface area contributed by atoms with Gasteiger partial charge in [-0.3, -0.25) is 25.0 Å². The molecule has 9 heteroatoms. The van der Waals surface area contributed by atoms with Gasteiger partial charge in [-0.15, -0.1) is 0 Å². The number of aromatic nitrogens is 1. The summed E-state index contributed by atoms with van der Waals surface area (Å²) in [6, 6.07) is 2.11. The van der Waals surface area contributed by atoms with Crippen molar-refractivity contribution in [1.82, 2.24) is 10.3 Å². The third-order valence-electron chi connectivity index (χ3n) is 2.78. The van der Waals surface area contributed by atoms with Gasteiger partial charge in [-0.05, 0) is 12.5 Å². The summed E-state index contributed by atoms with van der Waals surface area (Å²) in [7, 11) is 0. The van der Waals surface area contributed by atoms with Gasteiger partial charge in [0.05, 0.1) is 4.92 Å². The molecule has 0 radical (unpaired) electrons. The molecule has 9 nitrogen and oxygen atoms in total. The summed E-state index contributed by atoms with van der Waals surface area (Å²) in [6.45, 7) is 0. The van der Waals surface area contributed by atoms with Crippen molar-refractivity contribution in [2.75, 3.05) is 5.32 Å². The Hall–Kier alpha value is -3.02. The lowest BCUT2D eigenvalue weighted by atomic mass is 10.1. The van der Waals surface area contributed by atoms with E-state index in [4.69, 9.17) is 5.26 Å². The van der Waals surface area contributed by atoms with Crippen LogP contribution in [-0.2, 0) is 9.59 Å². The fourth-order valence-corrected chi connectivity index (χ4v) is 1.83. The maximum atomic E-state index is 11.6. The molecule has 0 saturated carbocycles. The van der Waals surface area contributed by atoms with Crippen molar-refractivity contribution in [2.45, 2.75) is 18.9 Å². The summed E-state index contributed by atoms with van der Waals surface area (Å²) in [4.78, 5) is 36.7. The molecule has 1 unspecified atom stereocenters. The summed E-state index contributed by atoms with van der Waals surface area (Å²) < 4.78 is 0. The minimum Gasteiger partial charge on any atom is -0.353 e. The molecule has 20 heavy (non-hydrogen) atoms. The number of nitriles is 1. The molecule has 1 aromatic heterocycles. The average molecular weight is 275 g/mol. The number of hydrogen-bond acceptors (Lipinski definition) is 7. The molecule has 1 aliphatic rings. The highest BCUT2D eigenvalue weighted by atomic mass is 16.6. The van der Waals surface area contributed by atoms with Crippen molar-refractivity contribution in [1.29, 1.82) is 5.26 Å². The van der Waals surface area contributed by atoms with E-state index in [0.717, 1.165) is 0 Å². The molecule has 2 amide bonds. The Labute approximate surface area is 112 Å². The van der Waals surface area contributed by atoms with Crippen LogP contribution in [0.5, 0.6) is 0 Å². The number of anilines is 1. The quantitative estimate of drug-likeness (QED) is 0.452. The molecule has 1 saturated heterocycles. The molecular weight excluding hydrogens is 266 g/mol. The van der Waals surface area contributed by atoms with Gasteiger partial charge in [-0.1, -0.05) is 0 Å². The zero-order chi connectivity index (χ0) is 14.7. The van der Waals surface area contributed by atoms with Crippen LogP contribution < -0.4 is 10.6 Å². The van der Waals surface area contributed by atoms with Gasteiger partial charge >= 0.3 is 5.69 Å². The summed E-state index contributed by atoms with van der Waals surface area (Å²) >= 11 is 0. The smallest absolute Gasteiger partial charge is 0.328 e. The highest BCUT2D eigenvalue weighted by molar-refractivity contribution is 6.01. The number of carbonyl (C=O) groups excluding carboxylic acids is 2. The topological polar surface area (TPSA) is 138 Å². The van der Waals surface area contributed by atoms with Crippen molar-refractivity contribution in [2.24, 2.45) is 0 Å². The third kappa shape index (κ3) is 2.54. The monoisotopic (exact) mass is 275 g/mol. The summed E-state index contributed by atoms with van der Waals surface area (Å²) in [6.07, 6.45) is 1.58. The molecule has 102 valence electrons. The van der Waals surface area contributed by atoms with Crippen LogP contribution in [0.4, 0.5) is 11.5 Å². The predicted octanol–water partition coefficient (Wildman–Crippen LogP) is 0.0786. The van der Waals surface area contributed by atoms with Crippen molar-refractivity contribution in [3.8, 4) is 6.07 Å². The lowest BCUT2D eigenvalue weighted by Gasteiger charge is -2.22. The van der Waals surface area contributed by atoms with Crippen LogP contribution in [0.2, 0.25) is 0 Å². The molecule has 0 bridgehead atoms. The Morgan fingerprint density at radius 1 is 1.55 bits per heavy atom. The van der Waals surface area contributed by atoms with E-state index >= 15 is 0 Å². The third-order valence-corrected chi connectivity index (χ3v) is 2.78. The Morgan fingerprint density at radius 2 is 2.30 bits per heavy atom. The molecule has 1 aliphatic heterocycles. The van der Waals surface area contributed by atoms with E-state index in [1.54, 1.807) is 6.07 Å². The summed E-state index contributed by atoms with van der Waals surface area (Å²) in [5, 5.41) is 24.6. The fraction of sp³-hybridized carbons (Fsp3) is 0.273. The lowest BCUT2D eigenvalue weighted by Crippen LogP contribution is -2.47. The molecule has 1 fully saturated rings. The van der Waals surface area contributed by atoms with Crippen LogP contribution in [-0.4, -0.2) is 27.8 Å². The van der Waals surface area contributed by atoms with Crippen molar-refractivity contribution in [3.63, 3.8) is 0 Å². The zero-order valence-electron chi connectivity index (χ0n) is 10.1. The molecule has 0 aliphatic carbocycles. The highest BCUT2D eigenvalue weighted by Gasteiger charge is 2.30. The molecule has 2 N–H and O–H groups in total. The summed E-state index contributed by atoms with van der Waals surface area (Å²) in [5.41, 5.74) is -0.639. The van der Waals surface area contributed by atoms with Gasteiger partial charge < -0.3 is 5.32 Å². The van der Waals surface area contributed by atoms with Gasteiger partial charge in [0.2, 0.25) is 17.6 Å². The first-order valence-corrected chi connectivity index (χ1v) is 5.66.